The van der Waals surface area contributed by atoms with Crippen molar-refractivity contribution in [3.63, 3.8) is 0 Å². The van der Waals surface area contributed by atoms with E-state index in [-0.39, 0.29) is 0 Å². The molecule has 0 unspecified atom stereocenters. The normalized spacial score (nSPS) is 22.9. The molecule has 20 heavy (non-hydrogen) atoms. The van der Waals surface area contributed by atoms with Gasteiger partial charge in [0.25, 0.3) is 20.2 Å². The van der Waals surface area contributed by atoms with Crippen molar-refractivity contribution in [1.29, 1.82) is 0 Å². The second-order valence-electron chi connectivity index (χ2n) is 4.54. The number of nitrogens with one attached hydrogen (secondary N) is 2. The minimum absolute atomic E-state index is 0.707. The molecular formula is C10H26N2O6S2. The van der Waals surface area contributed by atoms with Crippen molar-refractivity contribution < 1.29 is 25.9 Å². The molecule has 0 saturated heterocycles. The second kappa shape index (κ2) is 10.5. The molecule has 1 fully saturated rings. The molecule has 0 aromatic heterocycles. The largest absolute Gasteiger partial charge is 0.315 e. The highest BCUT2D eigenvalue weighted by atomic mass is 32.2. The highest BCUT2D eigenvalue weighted by Crippen LogP contribution is 2.17. The Balaban J connectivity index is 0. The summed E-state index contributed by atoms with van der Waals surface area (Å²) in [6, 6.07) is 1.41. The molecule has 1 saturated carbocycles. The zero-order valence-electron chi connectivity index (χ0n) is 12.3. The van der Waals surface area contributed by atoms with Gasteiger partial charge in [-0.05, 0) is 26.9 Å². The van der Waals surface area contributed by atoms with Crippen LogP contribution in [0, 0.1) is 0 Å². The molecule has 0 heterocycles. The molecule has 0 aliphatic heterocycles. The molecule has 10 heteroatoms. The Labute approximate surface area is 121 Å². The lowest BCUT2D eigenvalue weighted by atomic mass is 9.91. The van der Waals surface area contributed by atoms with E-state index in [0.717, 1.165) is 0 Å². The molecule has 1 rings (SSSR count). The monoisotopic (exact) mass is 334 g/mol. The third kappa shape index (κ3) is 22.9. The molecule has 0 aromatic carbocycles. The molecule has 124 valence electrons. The van der Waals surface area contributed by atoms with E-state index in [4.69, 9.17) is 9.11 Å². The molecule has 1 aliphatic rings. The lowest BCUT2D eigenvalue weighted by Crippen LogP contribution is -2.47. The van der Waals surface area contributed by atoms with Crippen molar-refractivity contribution in [3.8, 4) is 0 Å². The van der Waals surface area contributed by atoms with Crippen LogP contribution >= 0.6 is 0 Å². The summed E-state index contributed by atoms with van der Waals surface area (Å²) in [6.45, 7) is 0. The van der Waals surface area contributed by atoms with Crippen molar-refractivity contribution in [2.45, 2.75) is 37.8 Å². The van der Waals surface area contributed by atoms with Crippen LogP contribution in [0.2, 0.25) is 0 Å². The Hall–Kier alpha value is -0.260. The maximum Gasteiger partial charge on any atom is 0.261 e. The van der Waals surface area contributed by atoms with Gasteiger partial charge in [0.1, 0.15) is 0 Å². The van der Waals surface area contributed by atoms with Crippen LogP contribution in [-0.2, 0) is 20.2 Å². The third-order valence-electron chi connectivity index (χ3n) is 2.51. The fourth-order valence-corrected chi connectivity index (χ4v) is 1.82. The van der Waals surface area contributed by atoms with E-state index < -0.39 is 20.2 Å². The van der Waals surface area contributed by atoms with Crippen LogP contribution in [0.5, 0.6) is 0 Å². The molecule has 0 spiro atoms. The zero-order valence-corrected chi connectivity index (χ0v) is 14.0. The van der Waals surface area contributed by atoms with E-state index in [2.05, 4.69) is 24.7 Å². The molecule has 4 N–H and O–H groups in total. The summed E-state index contributed by atoms with van der Waals surface area (Å²) >= 11 is 0. The van der Waals surface area contributed by atoms with Gasteiger partial charge in [0.2, 0.25) is 0 Å². The lowest BCUT2D eigenvalue weighted by molar-refractivity contribution is 0.309. The first-order valence-corrected chi connectivity index (χ1v) is 9.77. The van der Waals surface area contributed by atoms with Crippen molar-refractivity contribution in [1.82, 2.24) is 10.6 Å². The van der Waals surface area contributed by atoms with Gasteiger partial charge in [-0.2, -0.15) is 16.8 Å². The van der Waals surface area contributed by atoms with Gasteiger partial charge in [-0.1, -0.05) is 12.8 Å². The topological polar surface area (TPSA) is 133 Å². The molecule has 0 aromatic rings. The minimum Gasteiger partial charge on any atom is -0.315 e. The van der Waals surface area contributed by atoms with Gasteiger partial charge in [-0.15, -0.1) is 0 Å². The first-order chi connectivity index (χ1) is 8.88. The maximum atomic E-state index is 9.19. The molecule has 0 bridgehead atoms. The predicted molar refractivity (Wildman–Crippen MR) is 79.1 cm³/mol. The van der Waals surface area contributed by atoms with Crippen LogP contribution in [0.25, 0.3) is 0 Å². The summed E-state index contributed by atoms with van der Waals surface area (Å²) in [6.07, 6.45) is 6.89. The van der Waals surface area contributed by atoms with E-state index in [0.29, 0.717) is 24.6 Å². The van der Waals surface area contributed by atoms with Crippen LogP contribution in [0.4, 0.5) is 0 Å². The van der Waals surface area contributed by atoms with Gasteiger partial charge in [-0.3, -0.25) is 9.11 Å². The number of hydrogen-bond donors (Lipinski definition) is 4. The Morgan fingerprint density at radius 1 is 0.800 bits per heavy atom. The Bertz CT molecular complexity index is 377. The lowest BCUT2D eigenvalue weighted by Gasteiger charge is -2.30. The number of hydrogen-bond acceptors (Lipinski definition) is 6. The van der Waals surface area contributed by atoms with Gasteiger partial charge >= 0.3 is 0 Å². The Morgan fingerprint density at radius 2 is 1.00 bits per heavy atom. The van der Waals surface area contributed by atoms with Crippen molar-refractivity contribution in [2.24, 2.45) is 0 Å². The van der Waals surface area contributed by atoms with Gasteiger partial charge < -0.3 is 10.6 Å². The van der Waals surface area contributed by atoms with Crippen LogP contribution in [0.1, 0.15) is 25.7 Å². The van der Waals surface area contributed by atoms with Gasteiger partial charge in [0, 0.05) is 12.1 Å². The molecule has 2 atom stereocenters. The average molecular weight is 334 g/mol. The van der Waals surface area contributed by atoms with Crippen molar-refractivity contribution in [2.75, 3.05) is 26.6 Å². The quantitative estimate of drug-likeness (QED) is 0.508. The van der Waals surface area contributed by atoms with E-state index in [1.165, 1.54) is 25.7 Å². The summed E-state index contributed by atoms with van der Waals surface area (Å²) in [5.74, 6) is 0. The second-order valence-corrected chi connectivity index (χ2v) is 7.47. The first-order valence-electron chi connectivity index (χ1n) is 6.08. The van der Waals surface area contributed by atoms with Crippen molar-refractivity contribution in [3.05, 3.63) is 0 Å². The van der Waals surface area contributed by atoms with Crippen molar-refractivity contribution >= 4 is 20.2 Å². The number of rotatable bonds is 2. The van der Waals surface area contributed by atoms with E-state index in [9.17, 15) is 16.8 Å². The highest BCUT2D eigenvalue weighted by molar-refractivity contribution is 7.85. The van der Waals surface area contributed by atoms with Gasteiger partial charge in [0.05, 0.1) is 12.5 Å². The zero-order chi connectivity index (χ0) is 16.4. The highest BCUT2D eigenvalue weighted by Gasteiger charge is 2.21. The van der Waals surface area contributed by atoms with Crippen LogP contribution < -0.4 is 10.6 Å². The van der Waals surface area contributed by atoms with E-state index >= 15 is 0 Å². The third-order valence-corrected chi connectivity index (χ3v) is 2.51. The molecule has 0 amide bonds. The van der Waals surface area contributed by atoms with Gasteiger partial charge in [-0.25, -0.2) is 0 Å². The SMILES string of the molecule is CN[C@@H]1CCCC[C@H]1NC.CS(=O)(=O)O.CS(=O)(=O)O. The summed E-state index contributed by atoms with van der Waals surface area (Å²) in [7, 11) is -3.22. The average Bonchev–Trinajstić information content (AvgIpc) is 2.24. The molecule has 0 radical (unpaired) electrons. The predicted octanol–water partition coefficient (Wildman–Crippen LogP) is -0.256. The van der Waals surface area contributed by atoms with E-state index in [1.54, 1.807) is 0 Å². The van der Waals surface area contributed by atoms with E-state index in [1.807, 2.05) is 0 Å². The fraction of sp³-hybridized carbons (Fsp3) is 1.00. The summed E-state index contributed by atoms with van der Waals surface area (Å²) in [5.41, 5.74) is 0. The maximum absolute atomic E-state index is 9.19. The van der Waals surface area contributed by atoms with Crippen LogP contribution in [0.15, 0.2) is 0 Å². The van der Waals surface area contributed by atoms with Crippen LogP contribution in [-0.4, -0.2) is 64.6 Å². The minimum atomic E-state index is -3.67. The molecule has 8 nitrogen and oxygen atoms in total. The number of likely N-dealkylation sites (N-methyl/N-ethyl adjacent to an activating group) is 2. The van der Waals surface area contributed by atoms with Crippen LogP contribution in [0.3, 0.4) is 0 Å². The molecular weight excluding hydrogens is 308 g/mol. The smallest absolute Gasteiger partial charge is 0.261 e. The summed E-state index contributed by atoms with van der Waals surface area (Å²) in [4.78, 5) is 0. The fourth-order valence-electron chi connectivity index (χ4n) is 1.82. The Kier molecular flexibility index (Phi) is 11.5. The first kappa shape index (κ1) is 22.0. The Morgan fingerprint density at radius 3 is 1.15 bits per heavy atom. The standard InChI is InChI=1S/C8H18N2.2CH4O3S/c1-9-7-5-3-4-6-8(7)10-2;2*1-5(2,3)4/h7-10H,3-6H2,1-2H3;2*1H3,(H,2,3,4)/t7-,8-;;/m1../s1. The summed E-state index contributed by atoms with van der Waals surface area (Å²) < 4.78 is 51.7. The molecule has 1 aliphatic carbocycles. The van der Waals surface area contributed by atoms with Gasteiger partial charge in [0.15, 0.2) is 0 Å². The summed E-state index contributed by atoms with van der Waals surface area (Å²) in [5, 5.41) is 6.68.